The Morgan fingerprint density at radius 2 is 0.824 bits per heavy atom. The normalized spacial score (nSPS) is 15.6. The smallest absolute Gasteiger partial charge is 0.205 e. The number of anilines is 9. The van der Waals surface area contributed by atoms with E-state index in [1.807, 2.05) is 12.1 Å². The number of nitriles is 1. The molecule has 5 heterocycles. The van der Waals surface area contributed by atoms with Gasteiger partial charge in [0.1, 0.15) is 6.07 Å². The fourth-order valence-corrected chi connectivity index (χ4v) is 12.1. The Morgan fingerprint density at radius 3 is 1.28 bits per heavy atom. The Labute approximate surface area is 396 Å². The Balaban J connectivity index is 1.18. The fourth-order valence-electron chi connectivity index (χ4n) is 12.1. The lowest BCUT2D eigenvalue weighted by Gasteiger charge is -2.47. The van der Waals surface area contributed by atoms with Crippen LogP contribution < -0.4 is 14.7 Å². The minimum absolute atomic E-state index is 0.246. The SMILES string of the molecule is [C-]#[N+]c1cnc2c(c1)C1(c3cc(N4c5ccccc5C(C)(C)c5ccccc54)ccc3N(c3ccccc3)c3ccc(N4c5ccccc5C(C)(C)c5ccccc54)cc31)c1cc(C#N)cnc1-2. The number of pyridine rings is 2. The summed E-state index contributed by atoms with van der Waals surface area (Å²) in [5, 5.41) is 10.7. The van der Waals surface area contributed by atoms with E-state index >= 15 is 0 Å². The quantitative estimate of drug-likeness (QED) is 0.165. The van der Waals surface area contributed by atoms with Gasteiger partial charge in [0, 0.05) is 45.8 Å². The lowest BCUT2D eigenvalue weighted by molar-refractivity contribution is 0.632. The van der Waals surface area contributed by atoms with Crippen LogP contribution in [0.2, 0.25) is 0 Å². The first-order valence-electron chi connectivity index (χ1n) is 23.1. The largest absolute Gasteiger partial charge is 0.310 e. The first kappa shape index (κ1) is 39.6. The van der Waals surface area contributed by atoms with E-state index in [1.54, 1.807) is 12.4 Å². The van der Waals surface area contributed by atoms with Crippen molar-refractivity contribution >= 4 is 56.9 Å². The van der Waals surface area contributed by atoms with Gasteiger partial charge in [0.25, 0.3) is 0 Å². The molecule has 322 valence electrons. The molecular weight excluding hydrogens is 831 g/mol. The lowest BCUT2D eigenvalue weighted by Crippen LogP contribution is -2.37. The Bertz CT molecular complexity index is 3380. The highest BCUT2D eigenvalue weighted by Crippen LogP contribution is 2.65. The van der Waals surface area contributed by atoms with Crippen LogP contribution in [-0.2, 0) is 16.2 Å². The van der Waals surface area contributed by atoms with Crippen molar-refractivity contribution in [3.63, 3.8) is 0 Å². The number of fused-ring (bicyclic) bond motifs is 13. The van der Waals surface area contributed by atoms with Crippen LogP contribution in [-0.4, -0.2) is 9.97 Å². The summed E-state index contributed by atoms with van der Waals surface area (Å²) in [6, 6.07) is 65.7. The van der Waals surface area contributed by atoms with Gasteiger partial charge in [0.05, 0.1) is 63.1 Å². The lowest BCUT2D eigenvalue weighted by atomic mass is 9.64. The topological polar surface area (TPSA) is 63.7 Å². The molecule has 0 bridgehead atoms. The zero-order chi connectivity index (χ0) is 46.1. The second-order valence-corrected chi connectivity index (χ2v) is 19.2. The van der Waals surface area contributed by atoms with Gasteiger partial charge < -0.3 is 14.7 Å². The molecule has 13 rings (SSSR count). The molecule has 0 radical (unpaired) electrons. The van der Waals surface area contributed by atoms with Crippen molar-refractivity contribution in [2.24, 2.45) is 0 Å². The van der Waals surface area contributed by atoms with Crippen molar-refractivity contribution in [2.75, 3.05) is 14.7 Å². The van der Waals surface area contributed by atoms with E-state index in [2.05, 4.69) is 217 Å². The maximum Gasteiger partial charge on any atom is 0.205 e. The van der Waals surface area contributed by atoms with Gasteiger partial charge in [0.15, 0.2) is 0 Å². The summed E-state index contributed by atoms with van der Waals surface area (Å²) in [5.74, 6) is 0. The Morgan fingerprint density at radius 1 is 0.426 bits per heavy atom. The van der Waals surface area contributed by atoms with Crippen molar-refractivity contribution in [2.45, 2.75) is 43.9 Å². The molecule has 0 N–H and O–H groups in total. The second kappa shape index (κ2) is 14.1. The number of rotatable bonds is 3. The summed E-state index contributed by atoms with van der Waals surface area (Å²) < 4.78 is 0. The number of hydrogen-bond donors (Lipinski definition) is 0. The molecule has 1 aliphatic carbocycles. The van der Waals surface area contributed by atoms with Gasteiger partial charge in [-0.3, -0.25) is 9.97 Å². The van der Waals surface area contributed by atoms with Gasteiger partial charge >= 0.3 is 0 Å². The molecule has 68 heavy (non-hydrogen) atoms. The minimum Gasteiger partial charge on any atom is -0.310 e. The summed E-state index contributed by atoms with van der Waals surface area (Å²) in [4.78, 5) is 21.3. The monoisotopic (exact) mass is 873 g/mol. The molecular formula is C61H43N7. The van der Waals surface area contributed by atoms with Crippen molar-refractivity contribution in [3.05, 3.63) is 250 Å². The Kier molecular flexibility index (Phi) is 8.21. The zero-order valence-corrected chi connectivity index (χ0v) is 38.0. The number of nitrogens with zero attached hydrogens (tertiary/aromatic N) is 7. The molecule has 0 unspecified atom stereocenters. The molecule has 0 saturated heterocycles. The van der Waals surface area contributed by atoms with Gasteiger partial charge in [-0.2, -0.15) is 5.26 Å². The van der Waals surface area contributed by atoms with Crippen LogP contribution in [0.25, 0.3) is 16.2 Å². The molecule has 2 aromatic heterocycles. The van der Waals surface area contributed by atoms with E-state index in [-0.39, 0.29) is 10.8 Å². The van der Waals surface area contributed by atoms with Crippen molar-refractivity contribution < 1.29 is 0 Å². The molecule has 0 atom stereocenters. The molecule has 3 aliphatic heterocycles. The van der Waals surface area contributed by atoms with Crippen molar-refractivity contribution in [1.29, 1.82) is 5.26 Å². The molecule has 7 nitrogen and oxygen atoms in total. The van der Waals surface area contributed by atoms with Crippen LogP contribution >= 0.6 is 0 Å². The van der Waals surface area contributed by atoms with Gasteiger partial charge in [-0.25, -0.2) is 4.85 Å². The molecule has 4 aliphatic rings. The van der Waals surface area contributed by atoms with Crippen LogP contribution in [0.5, 0.6) is 0 Å². The third-order valence-electron chi connectivity index (χ3n) is 15.1. The van der Waals surface area contributed by atoms with E-state index < -0.39 is 5.41 Å². The van der Waals surface area contributed by atoms with Crippen LogP contribution in [0.4, 0.5) is 56.9 Å². The van der Waals surface area contributed by atoms with Crippen LogP contribution in [0.3, 0.4) is 0 Å². The van der Waals surface area contributed by atoms with Gasteiger partial charge in [-0.15, -0.1) is 0 Å². The summed E-state index contributed by atoms with van der Waals surface area (Å²) in [7, 11) is 0. The van der Waals surface area contributed by atoms with Crippen LogP contribution in [0.15, 0.2) is 188 Å². The molecule has 0 saturated carbocycles. The van der Waals surface area contributed by atoms with Gasteiger partial charge in [-0.1, -0.05) is 119 Å². The third kappa shape index (κ3) is 5.16. The first-order chi connectivity index (χ1) is 33.2. The third-order valence-corrected chi connectivity index (χ3v) is 15.1. The fraction of sp³-hybridized carbons (Fsp3) is 0.115. The maximum atomic E-state index is 10.7. The summed E-state index contributed by atoms with van der Waals surface area (Å²) >= 11 is 0. The number of benzene rings is 7. The van der Waals surface area contributed by atoms with Crippen molar-refractivity contribution in [1.82, 2.24) is 9.97 Å². The van der Waals surface area contributed by atoms with E-state index in [0.29, 0.717) is 22.6 Å². The summed E-state index contributed by atoms with van der Waals surface area (Å²) in [6.07, 6.45) is 3.29. The molecule has 0 fully saturated rings. The van der Waals surface area contributed by atoms with Gasteiger partial charge in [-0.05, 0) is 124 Å². The Hall–Kier alpha value is -8.78. The number of hydrogen-bond acceptors (Lipinski definition) is 6. The number of para-hydroxylation sites is 5. The predicted molar refractivity (Wildman–Crippen MR) is 272 cm³/mol. The van der Waals surface area contributed by atoms with Crippen LogP contribution in [0, 0.1) is 17.9 Å². The molecule has 1 spiro atoms. The van der Waals surface area contributed by atoms with Gasteiger partial charge in [0.2, 0.25) is 5.69 Å². The molecule has 7 aromatic carbocycles. The zero-order valence-electron chi connectivity index (χ0n) is 38.0. The average Bonchev–Trinajstić information content (AvgIpc) is 3.66. The highest BCUT2D eigenvalue weighted by molar-refractivity contribution is 5.98. The maximum absolute atomic E-state index is 10.7. The van der Waals surface area contributed by atoms with E-state index in [4.69, 9.17) is 16.5 Å². The second-order valence-electron chi connectivity index (χ2n) is 19.2. The molecule has 0 amide bonds. The molecule has 7 heteroatoms. The predicted octanol–water partition coefficient (Wildman–Crippen LogP) is 15.3. The van der Waals surface area contributed by atoms with E-state index in [9.17, 15) is 5.26 Å². The highest BCUT2D eigenvalue weighted by atomic mass is 15.2. The molecule has 9 aromatic rings. The van der Waals surface area contributed by atoms with E-state index in [0.717, 1.165) is 73.4 Å². The van der Waals surface area contributed by atoms with E-state index in [1.165, 1.54) is 22.3 Å². The van der Waals surface area contributed by atoms with Crippen molar-refractivity contribution in [3.8, 4) is 17.5 Å². The minimum atomic E-state index is -1.09. The standard InChI is InChI=1S/C61H43N7/c1-59(2)43-19-9-13-23-51(43)67(52-24-14-10-20-44(52)59)41-27-29-55-47(33-41)61(49-31-38(35-62)36-64-57(49)58-50(61)32-39(63-5)37-65-58)48-34-42(28-30-56(48)66(55)40-17-7-6-8-18-40)68-53-25-15-11-21-45(53)60(3,4)46-22-12-16-26-54(46)68/h6-34,36-37H,1-4H3. The highest BCUT2D eigenvalue weighted by Gasteiger charge is 2.54. The first-order valence-corrected chi connectivity index (χ1v) is 23.1. The summed E-state index contributed by atoms with van der Waals surface area (Å²) in [6.45, 7) is 17.6. The average molecular weight is 874 g/mol. The number of aromatic nitrogens is 2. The van der Waals surface area contributed by atoms with Crippen LogP contribution in [0.1, 0.15) is 77.8 Å². The summed E-state index contributed by atoms with van der Waals surface area (Å²) in [5.41, 5.74) is 18.7.